The topological polar surface area (TPSA) is 72.2 Å². The van der Waals surface area contributed by atoms with E-state index in [0.29, 0.717) is 19.4 Å². The Bertz CT molecular complexity index is 702. The zero-order valence-electron chi connectivity index (χ0n) is 31.1. The maximum absolute atomic E-state index is 12.2. The number of hydrogen-bond donors (Lipinski definition) is 2. The van der Waals surface area contributed by atoms with Crippen LogP contribution >= 0.6 is 0 Å². The minimum Gasteiger partial charge on any atom is -0.369 e. The van der Waals surface area contributed by atoms with Gasteiger partial charge in [-0.15, -0.1) is 0 Å². The van der Waals surface area contributed by atoms with Gasteiger partial charge in [0, 0.05) is 18.9 Å². The highest BCUT2D eigenvalue weighted by Crippen LogP contribution is 2.16. The SMILES string of the molecule is CCCCCCCCC=CCCCCCCCCCCCC(=O)NCCC(CCCCCCC=CCCCCCCCC)C(N)=O. The van der Waals surface area contributed by atoms with Crippen molar-refractivity contribution >= 4 is 11.8 Å². The van der Waals surface area contributed by atoms with Crippen molar-refractivity contribution in [2.45, 2.75) is 219 Å². The second-order valence-corrected chi connectivity index (χ2v) is 14.0. The largest absolute Gasteiger partial charge is 0.369 e. The summed E-state index contributed by atoms with van der Waals surface area (Å²) in [5.41, 5.74) is 5.66. The molecule has 0 aromatic carbocycles. The van der Waals surface area contributed by atoms with Gasteiger partial charge in [0.1, 0.15) is 0 Å². The average molecular weight is 645 g/mol. The minimum atomic E-state index is -0.220. The second kappa shape index (κ2) is 37.9. The highest BCUT2D eigenvalue weighted by molar-refractivity contribution is 5.77. The van der Waals surface area contributed by atoms with E-state index in [4.69, 9.17) is 5.73 Å². The molecule has 0 aromatic heterocycles. The molecular formula is C42H80N2O2. The van der Waals surface area contributed by atoms with Crippen LogP contribution in [0.5, 0.6) is 0 Å². The van der Waals surface area contributed by atoms with E-state index in [2.05, 4.69) is 43.5 Å². The first-order chi connectivity index (χ1) is 22.6. The number of amides is 2. The second-order valence-electron chi connectivity index (χ2n) is 14.0. The Morgan fingerprint density at radius 3 is 1.22 bits per heavy atom. The molecule has 270 valence electrons. The Hall–Kier alpha value is -1.58. The van der Waals surface area contributed by atoms with Gasteiger partial charge in [0.25, 0.3) is 0 Å². The number of allylic oxidation sites excluding steroid dienone is 4. The molecule has 0 radical (unpaired) electrons. The molecule has 0 rings (SSSR count). The standard InChI is InChI=1S/C42H80N2O2/c1-3-5-7-9-11-13-15-17-19-20-21-22-23-25-27-29-31-33-35-37-41(45)44-39-38-40(42(43)46)36-34-32-30-28-26-24-18-16-14-12-10-8-6-4-2/h17-19,24,40H,3-16,20-23,25-39H2,1-2H3,(H2,43,46)(H,44,45). The lowest BCUT2D eigenvalue weighted by Gasteiger charge is -2.14. The molecule has 0 bridgehead atoms. The molecule has 3 N–H and O–H groups in total. The van der Waals surface area contributed by atoms with E-state index < -0.39 is 0 Å². The molecule has 0 aliphatic heterocycles. The summed E-state index contributed by atoms with van der Waals surface area (Å²) < 4.78 is 0. The van der Waals surface area contributed by atoms with Crippen molar-refractivity contribution < 1.29 is 9.59 Å². The normalized spacial score (nSPS) is 12.4. The molecule has 0 aliphatic carbocycles. The van der Waals surface area contributed by atoms with Crippen LogP contribution in [0.25, 0.3) is 0 Å². The minimum absolute atomic E-state index is 0.119. The number of primary amides is 1. The van der Waals surface area contributed by atoms with Gasteiger partial charge in [-0.2, -0.15) is 0 Å². The van der Waals surface area contributed by atoms with E-state index in [1.165, 1.54) is 161 Å². The Kier molecular flexibility index (Phi) is 36.6. The average Bonchev–Trinajstić information content (AvgIpc) is 3.05. The monoisotopic (exact) mass is 645 g/mol. The smallest absolute Gasteiger partial charge is 0.220 e. The van der Waals surface area contributed by atoms with Crippen molar-refractivity contribution in [1.82, 2.24) is 5.32 Å². The third kappa shape index (κ3) is 35.3. The predicted octanol–water partition coefficient (Wildman–Crippen LogP) is 12.8. The molecule has 0 fully saturated rings. The number of carbonyl (C=O) groups excluding carboxylic acids is 2. The zero-order valence-corrected chi connectivity index (χ0v) is 31.1. The van der Waals surface area contributed by atoms with Crippen molar-refractivity contribution in [1.29, 1.82) is 0 Å². The van der Waals surface area contributed by atoms with E-state index in [9.17, 15) is 9.59 Å². The summed E-state index contributed by atoms with van der Waals surface area (Å²) in [5.74, 6) is -0.222. The van der Waals surface area contributed by atoms with Crippen molar-refractivity contribution in [3.63, 3.8) is 0 Å². The van der Waals surface area contributed by atoms with Crippen LogP contribution in [-0.4, -0.2) is 18.4 Å². The van der Waals surface area contributed by atoms with E-state index in [1.54, 1.807) is 0 Å². The first-order valence-corrected chi connectivity index (χ1v) is 20.5. The molecule has 4 nitrogen and oxygen atoms in total. The van der Waals surface area contributed by atoms with Gasteiger partial charge in [-0.25, -0.2) is 0 Å². The van der Waals surface area contributed by atoms with Gasteiger partial charge in [0.05, 0.1) is 0 Å². The fourth-order valence-corrected chi connectivity index (χ4v) is 6.25. The summed E-state index contributed by atoms with van der Waals surface area (Å²) in [6.07, 6.45) is 49.0. The lowest BCUT2D eigenvalue weighted by Crippen LogP contribution is -2.30. The lowest BCUT2D eigenvalue weighted by atomic mass is 9.96. The zero-order chi connectivity index (χ0) is 33.6. The van der Waals surface area contributed by atoms with Gasteiger partial charge in [-0.1, -0.05) is 167 Å². The Morgan fingerprint density at radius 1 is 0.478 bits per heavy atom. The number of rotatable bonds is 37. The van der Waals surface area contributed by atoms with Crippen molar-refractivity contribution in [3.05, 3.63) is 24.3 Å². The first-order valence-electron chi connectivity index (χ1n) is 20.5. The summed E-state index contributed by atoms with van der Waals surface area (Å²) in [4.78, 5) is 24.1. The molecule has 1 unspecified atom stereocenters. The molecule has 0 aromatic rings. The quantitative estimate of drug-likeness (QED) is 0.0521. The van der Waals surface area contributed by atoms with Gasteiger partial charge in [-0.05, 0) is 70.6 Å². The van der Waals surface area contributed by atoms with Crippen LogP contribution in [0.3, 0.4) is 0 Å². The molecule has 0 aliphatic rings. The molecule has 2 amide bonds. The summed E-state index contributed by atoms with van der Waals surface area (Å²) in [5, 5.41) is 3.02. The Morgan fingerprint density at radius 2 is 0.826 bits per heavy atom. The van der Waals surface area contributed by atoms with E-state index in [-0.39, 0.29) is 17.7 Å². The highest BCUT2D eigenvalue weighted by atomic mass is 16.2. The van der Waals surface area contributed by atoms with Crippen LogP contribution in [0, 0.1) is 5.92 Å². The lowest BCUT2D eigenvalue weighted by molar-refractivity contribution is -0.123. The van der Waals surface area contributed by atoms with Crippen LogP contribution < -0.4 is 11.1 Å². The fourth-order valence-electron chi connectivity index (χ4n) is 6.25. The van der Waals surface area contributed by atoms with Gasteiger partial charge in [0.15, 0.2) is 0 Å². The first kappa shape index (κ1) is 44.4. The molecule has 0 saturated heterocycles. The van der Waals surface area contributed by atoms with Crippen molar-refractivity contribution in [2.24, 2.45) is 11.7 Å². The number of unbranched alkanes of at least 4 members (excludes halogenated alkanes) is 25. The van der Waals surface area contributed by atoms with Crippen LogP contribution in [0.2, 0.25) is 0 Å². The van der Waals surface area contributed by atoms with Gasteiger partial charge in [0.2, 0.25) is 11.8 Å². The molecule has 1 atom stereocenters. The van der Waals surface area contributed by atoms with Crippen molar-refractivity contribution in [3.8, 4) is 0 Å². The molecule has 46 heavy (non-hydrogen) atoms. The van der Waals surface area contributed by atoms with Crippen LogP contribution in [-0.2, 0) is 9.59 Å². The summed E-state index contributed by atoms with van der Waals surface area (Å²) in [7, 11) is 0. The van der Waals surface area contributed by atoms with Gasteiger partial charge >= 0.3 is 0 Å². The van der Waals surface area contributed by atoms with Gasteiger partial charge < -0.3 is 11.1 Å². The maximum Gasteiger partial charge on any atom is 0.220 e. The van der Waals surface area contributed by atoms with Crippen LogP contribution in [0.4, 0.5) is 0 Å². The predicted molar refractivity (Wildman–Crippen MR) is 203 cm³/mol. The van der Waals surface area contributed by atoms with E-state index >= 15 is 0 Å². The van der Waals surface area contributed by atoms with Gasteiger partial charge in [-0.3, -0.25) is 9.59 Å². The Labute approximate surface area is 288 Å². The molecule has 0 saturated carbocycles. The van der Waals surface area contributed by atoms with E-state index in [1.807, 2.05) is 0 Å². The van der Waals surface area contributed by atoms with E-state index in [0.717, 1.165) is 32.1 Å². The summed E-state index contributed by atoms with van der Waals surface area (Å²) in [6, 6.07) is 0. The Balaban J connectivity index is 3.52. The maximum atomic E-state index is 12.2. The third-order valence-electron chi connectivity index (χ3n) is 9.45. The fraction of sp³-hybridized carbons (Fsp3) is 0.857. The van der Waals surface area contributed by atoms with Crippen LogP contribution in [0.15, 0.2) is 24.3 Å². The number of nitrogens with one attached hydrogen (secondary N) is 1. The molecule has 4 heteroatoms. The number of hydrogen-bond acceptors (Lipinski definition) is 2. The molecule has 0 spiro atoms. The highest BCUT2D eigenvalue weighted by Gasteiger charge is 2.15. The molecular weight excluding hydrogens is 564 g/mol. The molecule has 0 heterocycles. The van der Waals surface area contributed by atoms with Crippen LogP contribution in [0.1, 0.15) is 219 Å². The van der Waals surface area contributed by atoms with Crippen molar-refractivity contribution in [2.75, 3.05) is 6.54 Å². The summed E-state index contributed by atoms with van der Waals surface area (Å²) >= 11 is 0. The number of nitrogens with two attached hydrogens (primary N) is 1. The number of carbonyl (C=O) groups is 2. The third-order valence-corrected chi connectivity index (χ3v) is 9.45. The summed E-state index contributed by atoms with van der Waals surface area (Å²) in [6.45, 7) is 5.11.